The molecule has 0 aliphatic heterocycles. The Balaban J connectivity index is 1.76. The minimum Gasteiger partial charge on any atom is -0.329 e. The first-order valence-corrected chi connectivity index (χ1v) is 9.46. The number of aromatic nitrogens is 5. The number of nitrogens with zero attached hydrogens (tertiary/aromatic N) is 6. The lowest BCUT2D eigenvalue weighted by molar-refractivity contribution is 0.274. The third-order valence-corrected chi connectivity index (χ3v) is 5.57. The Hall–Kier alpha value is -2.51. The molecule has 0 N–H and O–H groups in total. The first-order chi connectivity index (χ1) is 12.5. The molecular formula is C19H22N6S. The number of rotatable bonds is 5. The van der Waals surface area contributed by atoms with E-state index in [0.29, 0.717) is 6.04 Å². The molecule has 6 nitrogen and oxygen atoms in total. The maximum Gasteiger partial charge on any atom is 0.166 e. The zero-order chi connectivity index (χ0) is 18.3. The molecule has 0 fully saturated rings. The molecule has 4 aromatic rings. The second kappa shape index (κ2) is 6.66. The van der Waals surface area contributed by atoms with Crippen molar-refractivity contribution in [3.8, 4) is 11.4 Å². The van der Waals surface area contributed by atoms with Gasteiger partial charge in [0.2, 0.25) is 0 Å². The van der Waals surface area contributed by atoms with Crippen LogP contribution in [0.4, 0.5) is 0 Å². The van der Waals surface area contributed by atoms with Gasteiger partial charge in [-0.2, -0.15) is 5.10 Å². The number of thiophene rings is 1. The average Bonchev–Trinajstić information content (AvgIpc) is 3.32. The monoisotopic (exact) mass is 366 g/mol. The van der Waals surface area contributed by atoms with Gasteiger partial charge >= 0.3 is 0 Å². The van der Waals surface area contributed by atoms with Crippen LogP contribution in [0.25, 0.3) is 17.0 Å². The van der Waals surface area contributed by atoms with Crippen molar-refractivity contribution in [2.45, 2.75) is 26.4 Å². The predicted octanol–water partition coefficient (Wildman–Crippen LogP) is 3.57. The van der Waals surface area contributed by atoms with E-state index in [0.717, 1.165) is 35.0 Å². The number of hydrogen-bond donors (Lipinski definition) is 0. The van der Waals surface area contributed by atoms with Gasteiger partial charge in [0.1, 0.15) is 5.82 Å². The molecule has 0 radical (unpaired) electrons. The first-order valence-electron chi connectivity index (χ1n) is 8.58. The van der Waals surface area contributed by atoms with Gasteiger partial charge in [-0.05, 0) is 45.5 Å². The maximum atomic E-state index is 4.70. The third kappa shape index (κ3) is 2.93. The Labute approximate surface area is 156 Å². The average molecular weight is 366 g/mol. The van der Waals surface area contributed by atoms with E-state index in [4.69, 9.17) is 4.98 Å². The molecule has 0 aromatic carbocycles. The van der Waals surface area contributed by atoms with Crippen molar-refractivity contribution in [1.82, 2.24) is 29.0 Å². The molecule has 0 saturated carbocycles. The van der Waals surface area contributed by atoms with Crippen LogP contribution in [-0.4, -0.2) is 43.1 Å². The Bertz CT molecular complexity index is 1030. The molecule has 1 unspecified atom stereocenters. The van der Waals surface area contributed by atoms with Gasteiger partial charge in [-0.1, -0.05) is 6.07 Å². The Morgan fingerprint density at radius 1 is 1.27 bits per heavy atom. The highest BCUT2D eigenvalue weighted by Gasteiger charge is 2.20. The molecule has 0 saturated heterocycles. The Morgan fingerprint density at radius 2 is 2.12 bits per heavy atom. The van der Waals surface area contributed by atoms with E-state index in [1.54, 1.807) is 11.3 Å². The summed E-state index contributed by atoms with van der Waals surface area (Å²) in [5.74, 6) is 0.904. The molecule has 0 bridgehead atoms. The SMILES string of the molecule is Cc1cc(C)n2ncc(-c3nccn3CC(c3cccs3)N(C)C)c2n1. The number of aryl methyl sites for hydroxylation is 2. The van der Waals surface area contributed by atoms with Crippen molar-refractivity contribution < 1.29 is 0 Å². The fourth-order valence-corrected chi connectivity index (χ4v) is 4.22. The van der Waals surface area contributed by atoms with E-state index >= 15 is 0 Å². The van der Waals surface area contributed by atoms with Crippen LogP contribution in [0.5, 0.6) is 0 Å². The summed E-state index contributed by atoms with van der Waals surface area (Å²) in [4.78, 5) is 12.9. The van der Waals surface area contributed by atoms with Crippen molar-refractivity contribution in [1.29, 1.82) is 0 Å². The highest BCUT2D eigenvalue weighted by molar-refractivity contribution is 7.10. The molecule has 4 rings (SSSR count). The summed E-state index contributed by atoms with van der Waals surface area (Å²) in [5.41, 5.74) is 3.87. The minimum absolute atomic E-state index is 0.293. The second-order valence-corrected chi connectivity index (χ2v) is 7.71. The van der Waals surface area contributed by atoms with Gasteiger partial charge in [0.05, 0.1) is 17.8 Å². The summed E-state index contributed by atoms with van der Waals surface area (Å²) in [7, 11) is 4.23. The van der Waals surface area contributed by atoms with Gasteiger partial charge in [-0.25, -0.2) is 14.5 Å². The van der Waals surface area contributed by atoms with E-state index in [1.165, 1.54) is 4.88 Å². The first kappa shape index (κ1) is 16.9. The van der Waals surface area contributed by atoms with Crippen molar-refractivity contribution >= 4 is 17.0 Å². The van der Waals surface area contributed by atoms with E-state index in [1.807, 2.05) is 43.0 Å². The lowest BCUT2D eigenvalue weighted by Gasteiger charge is -2.24. The number of likely N-dealkylation sites (N-methyl/N-ethyl adjacent to an activating group) is 1. The van der Waals surface area contributed by atoms with Gasteiger partial charge in [-0.3, -0.25) is 0 Å². The zero-order valence-electron chi connectivity index (χ0n) is 15.4. The van der Waals surface area contributed by atoms with E-state index in [2.05, 4.69) is 51.2 Å². The smallest absolute Gasteiger partial charge is 0.166 e. The molecule has 0 aliphatic carbocycles. The molecule has 0 aliphatic rings. The standard InChI is InChI=1S/C19H22N6S/c1-13-10-14(2)25-19(22-13)15(11-21-25)18-20-7-8-24(18)12-16(23(3)4)17-6-5-9-26-17/h5-11,16H,12H2,1-4H3. The summed E-state index contributed by atoms with van der Waals surface area (Å²) < 4.78 is 4.07. The number of fused-ring (bicyclic) bond motifs is 1. The largest absolute Gasteiger partial charge is 0.329 e. The molecule has 0 amide bonds. The molecule has 4 heterocycles. The number of imidazole rings is 1. The molecular weight excluding hydrogens is 344 g/mol. The van der Waals surface area contributed by atoms with Gasteiger partial charge in [-0.15, -0.1) is 11.3 Å². The molecule has 134 valence electrons. The fourth-order valence-electron chi connectivity index (χ4n) is 3.30. The van der Waals surface area contributed by atoms with Crippen LogP contribution in [0.3, 0.4) is 0 Å². The van der Waals surface area contributed by atoms with Gasteiger partial charge in [0.15, 0.2) is 5.65 Å². The normalized spacial score (nSPS) is 13.0. The van der Waals surface area contributed by atoms with Crippen LogP contribution < -0.4 is 0 Å². The summed E-state index contributed by atoms with van der Waals surface area (Å²) in [6.07, 6.45) is 5.75. The van der Waals surface area contributed by atoms with Crippen LogP contribution in [0.2, 0.25) is 0 Å². The van der Waals surface area contributed by atoms with Crippen molar-refractivity contribution in [3.05, 3.63) is 58.4 Å². The topological polar surface area (TPSA) is 51.3 Å². The quantitative estimate of drug-likeness (QED) is 0.542. The number of hydrogen-bond acceptors (Lipinski definition) is 5. The highest BCUT2D eigenvalue weighted by atomic mass is 32.1. The van der Waals surface area contributed by atoms with Crippen LogP contribution in [0.1, 0.15) is 22.3 Å². The summed E-state index contributed by atoms with van der Waals surface area (Å²) in [6, 6.07) is 6.62. The van der Waals surface area contributed by atoms with Gasteiger partial charge in [0, 0.05) is 35.2 Å². The molecule has 26 heavy (non-hydrogen) atoms. The Kier molecular flexibility index (Phi) is 4.34. The van der Waals surface area contributed by atoms with Gasteiger partial charge < -0.3 is 9.47 Å². The van der Waals surface area contributed by atoms with Crippen LogP contribution in [0.15, 0.2) is 42.2 Å². The molecule has 7 heteroatoms. The van der Waals surface area contributed by atoms with Crippen LogP contribution >= 0.6 is 11.3 Å². The van der Waals surface area contributed by atoms with E-state index in [9.17, 15) is 0 Å². The fraction of sp³-hybridized carbons (Fsp3) is 0.316. The van der Waals surface area contributed by atoms with E-state index < -0.39 is 0 Å². The van der Waals surface area contributed by atoms with Crippen molar-refractivity contribution in [2.75, 3.05) is 14.1 Å². The predicted molar refractivity (Wildman–Crippen MR) is 104 cm³/mol. The van der Waals surface area contributed by atoms with Gasteiger partial charge in [0.25, 0.3) is 0 Å². The molecule has 4 aromatic heterocycles. The maximum absolute atomic E-state index is 4.70. The second-order valence-electron chi connectivity index (χ2n) is 6.73. The van der Waals surface area contributed by atoms with Crippen molar-refractivity contribution in [3.63, 3.8) is 0 Å². The zero-order valence-corrected chi connectivity index (χ0v) is 16.2. The third-order valence-electron chi connectivity index (χ3n) is 4.60. The van der Waals surface area contributed by atoms with Crippen molar-refractivity contribution in [2.24, 2.45) is 0 Å². The summed E-state index contributed by atoms with van der Waals surface area (Å²) >= 11 is 1.79. The van der Waals surface area contributed by atoms with E-state index in [-0.39, 0.29) is 0 Å². The Morgan fingerprint density at radius 3 is 2.85 bits per heavy atom. The van der Waals surface area contributed by atoms with Crippen LogP contribution in [-0.2, 0) is 6.54 Å². The highest BCUT2D eigenvalue weighted by Crippen LogP contribution is 2.28. The van der Waals surface area contributed by atoms with Crippen LogP contribution in [0, 0.1) is 13.8 Å². The lowest BCUT2D eigenvalue weighted by Crippen LogP contribution is -2.24. The molecule has 0 spiro atoms. The molecule has 1 atom stereocenters. The summed E-state index contributed by atoms with van der Waals surface area (Å²) in [6.45, 7) is 4.88. The summed E-state index contributed by atoms with van der Waals surface area (Å²) in [5, 5.41) is 6.64. The minimum atomic E-state index is 0.293. The lowest BCUT2D eigenvalue weighted by atomic mass is 10.2.